The van der Waals surface area contributed by atoms with E-state index in [1.807, 2.05) is 6.08 Å². The first-order valence-corrected chi connectivity index (χ1v) is 22.5. The van der Waals surface area contributed by atoms with Crippen LogP contribution in [-0.4, -0.2) is 87.5 Å². The van der Waals surface area contributed by atoms with Gasteiger partial charge in [0.05, 0.1) is 25.4 Å². The van der Waals surface area contributed by atoms with E-state index in [4.69, 9.17) is 9.47 Å². The van der Waals surface area contributed by atoms with E-state index in [0.717, 1.165) is 109 Å². The Hall–Kier alpha value is -2.89. The zero-order chi connectivity index (χ0) is 42.3. The number of unbranched alkanes of at least 4 members (excludes halogenated alkanes) is 11. The molecular formula is C49H81NO8. The Morgan fingerprint density at radius 1 is 0.603 bits per heavy atom. The molecule has 7 atom stereocenters. The van der Waals surface area contributed by atoms with Crippen molar-refractivity contribution in [1.29, 1.82) is 0 Å². The van der Waals surface area contributed by atoms with Crippen molar-refractivity contribution in [2.75, 3.05) is 13.2 Å². The van der Waals surface area contributed by atoms with Gasteiger partial charge in [-0.1, -0.05) is 162 Å². The summed E-state index contributed by atoms with van der Waals surface area (Å²) >= 11 is 0. The molecule has 0 aromatic heterocycles. The zero-order valence-corrected chi connectivity index (χ0v) is 36.0. The average molecular weight is 812 g/mol. The largest absolute Gasteiger partial charge is 0.394 e. The van der Waals surface area contributed by atoms with Crippen molar-refractivity contribution in [3.63, 3.8) is 0 Å². The fourth-order valence-corrected chi connectivity index (χ4v) is 6.31. The smallest absolute Gasteiger partial charge is 0.220 e. The van der Waals surface area contributed by atoms with Crippen molar-refractivity contribution in [3.8, 4) is 0 Å². The van der Waals surface area contributed by atoms with Gasteiger partial charge in [0.15, 0.2) is 6.29 Å². The number of hydrogen-bond donors (Lipinski definition) is 6. The highest BCUT2D eigenvalue weighted by Crippen LogP contribution is 2.22. The van der Waals surface area contributed by atoms with Gasteiger partial charge < -0.3 is 40.3 Å². The minimum absolute atomic E-state index is 0.200. The minimum Gasteiger partial charge on any atom is -0.394 e. The Balaban J connectivity index is 2.20. The van der Waals surface area contributed by atoms with E-state index in [-0.39, 0.29) is 12.5 Å². The minimum atomic E-state index is -1.57. The van der Waals surface area contributed by atoms with Gasteiger partial charge in [0.1, 0.15) is 24.4 Å². The molecule has 0 aromatic rings. The van der Waals surface area contributed by atoms with Gasteiger partial charge in [-0.05, 0) is 77.0 Å². The number of amides is 1. The van der Waals surface area contributed by atoms with E-state index in [2.05, 4.69) is 104 Å². The normalized spacial score (nSPS) is 21.8. The van der Waals surface area contributed by atoms with Gasteiger partial charge in [-0.3, -0.25) is 4.79 Å². The van der Waals surface area contributed by atoms with Crippen molar-refractivity contribution in [3.05, 3.63) is 97.2 Å². The molecule has 330 valence electrons. The number of carbonyl (C=O) groups is 1. The summed E-state index contributed by atoms with van der Waals surface area (Å²) in [5.41, 5.74) is 0. The second-order valence-electron chi connectivity index (χ2n) is 15.1. The average Bonchev–Trinajstić information content (AvgIpc) is 3.22. The summed E-state index contributed by atoms with van der Waals surface area (Å²) in [7, 11) is 0. The third-order valence-corrected chi connectivity index (χ3v) is 9.91. The molecule has 0 saturated carbocycles. The number of aliphatic hydroxyl groups excluding tert-OH is 5. The van der Waals surface area contributed by atoms with Crippen molar-refractivity contribution in [1.82, 2.24) is 5.32 Å². The number of hydrogen-bond acceptors (Lipinski definition) is 8. The van der Waals surface area contributed by atoms with E-state index < -0.39 is 49.5 Å². The van der Waals surface area contributed by atoms with E-state index in [1.165, 1.54) is 19.3 Å². The molecule has 58 heavy (non-hydrogen) atoms. The number of ether oxygens (including phenoxy) is 2. The van der Waals surface area contributed by atoms with Crippen LogP contribution < -0.4 is 5.32 Å². The molecule has 1 saturated heterocycles. The van der Waals surface area contributed by atoms with Crippen LogP contribution in [0.3, 0.4) is 0 Å². The SMILES string of the molecule is CC/C=C\C/C=C\C/C=C\C/C=C\C/C=C\C/C=C\C/C=C\CCCCCCCCCC(=O)NC(COC1OC(CO)C(O)C(O)C1O)C(O)/C=C/CCCCCC. The maximum absolute atomic E-state index is 12.9. The molecular weight excluding hydrogens is 731 g/mol. The second-order valence-corrected chi connectivity index (χ2v) is 15.1. The third-order valence-electron chi connectivity index (χ3n) is 9.91. The van der Waals surface area contributed by atoms with Crippen molar-refractivity contribution in [2.45, 2.75) is 192 Å². The molecule has 1 heterocycles. The van der Waals surface area contributed by atoms with E-state index in [1.54, 1.807) is 6.08 Å². The summed E-state index contributed by atoms with van der Waals surface area (Å²) in [6, 6.07) is -0.813. The molecule has 1 aliphatic rings. The molecule has 1 rings (SSSR count). The van der Waals surface area contributed by atoms with Gasteiger partial charge in [0.25, 0.3) is 0 Å². The fourth-order valence-electron chi connectivity index (χ4n) is 6.31. The van der Waals surface area contributed by atoms with Gasteiger partial charge in [-0.25, -0.2) is 0 Å². The number of nitrogens with one attached hydrogen (secondary N) is 1. The number of carbonyl (C=O) groups excluding carboxylic acids is 1. The molecule has 0 spiro atoms. The Labute approximate surface area is 352 Å². The lowest BCUT2D eigenvalue weighted by molar-refractivity contribution is -0.302. The van der Waals surface area contributed by atoms with Crippen LogP contribution >= 0.6 is 0 Å². The highest BCUT2D eigenvalue weighted by atomic mass is 16.7. The summed E-state index contributed by atoms with van der Waals surface area (Å²) in [4.78, 5) is 12.9. The maximum Gasteiger partial charge on any atom is 0.220 e. The van der Waals surface area contributed by atoms with Crippen LogP contribution in [0.25, 0.3) is 0 Å². The highest BCUT2D eigenvalue weighted by Gasteiger charge is 2.44. The lowest BCUT2D eigenvalue weighted by Crippen LogP contribution is -2.60. The molecule has 9 heteroatoms. The first kappa shape index (κ1) is 53.1. The van der Waals surface area contributed by atoms with Crippen LogP contribution in [0.1, 0.15) is 149 Å². The number of rotatable bonds is 35. The van der Waals surface area contributed by atoms with Crippen LogP contribution in [0.2, 0.25) is 0 Å². The Kier molecular flexibility index (Phi) is 35.1. The summed E-state index contributed by atoms with van der Waals surface area (Å²) in [5, 5.41) is 53.8. The molecule has 1 fully saturated rings. The van der Waals surface area contributed by atoms with Crippen molar-refractivity contribution in [2.24, 2.45) is 0 Å². The highest BCUT2D eigenvalue weighted by molar-refractivity contribution is 5.76. The Morgan fingerprint density at radius 3 is 1.59 bits per heavy atom. The molecule has 7 unspecified atom stereocenters. The van der Waals surface area contributed by atoms with Crippen LogP contribution in [0, 0.1) is 0 Å². The first-order valence-electron chi connectivity index (χ1n) is 22.5. The molecule has 0 bridgehead atoms. The molecule has 1 aliphatic heterocycles. The third kappa shape index (κ3) is 28.5. The lowest BCUT2D eigenvalue weighted by Gasteiger charge is -2.40. The van der Waals surface area contributed by atoms with Crippen molar-refractivity contribution >= 4 is 5.91 Å². The molecule has 6 N–H and O–H groups in total. The predicted molar refractivity (Wildman–Crippen MR) is 239 cm³/mol. The molecule has 1 amide bonds. The van der Waals surface area contributed by atoms with E-state index in [0.29, 0.717) is 6.42 Å². The zero-order valence-electron chi connectivity index (χ0n) is 36.0. The predicted octanol–water partition coefficient (Wildman–Crippen LogP) is 9.33. The van der Waals surface area contributed by atoms with Crippen molar-refractivity contribution < 1.29 is 39.8 Å². The Bertz CT molecular complexity index is 1220. The molecule has 0 aliphatic carbocycles. The van der Waals surface area contributed by atoms with Gasteiger partial charge in [0, 0.05) is 6.42 Å². The monoisotopic (exact) mass is 812 g/mol. The molecule has 0 radical (unpaired) electrons. The number of aliphatic hydroxyl groups is 5. The fraction of sp³-hybridized carbons (Fsp3) is 0.653. The van der Waals surface area contributed by atoms with Crippen LogP contribution in [0.15, 0.2) is 97.2 Å². The first-order chi connectivity index (χ1) is 28.3. The summed E-state index contributed by atoms with van der Waals surface area (Å²) in [6.45, 7) is 3.53. The quantitative estimate of drug-likeness (QED) is 0.0274. The maximum atomic E-state index is 12.9. The van der Waals surface area contributed by atoms with E-state index in [9.17, 15) is 30.3 Å². The number of allylic oxidation sites excluding steroid dienone is 15. The van der Waals surface area contributed by atoms with E-state index >= 15 is 0 Å². The van der Waals surface area contributed by atoms with Gasteiger partial charge >= 0.3 is 0 Å². The topological polar surface area (TPSA) is 149 Å². The summed E-state index contributed by atoms with van der Waals surface area (Å²) in [5.74, 6) is -0.200. The summed E-state index contributed by atoms with van der Waals surface area (Å²) in [6.07, 6.45) is 47.8. The standard InChI is InChI=1S/C49H81NO8/c1-3-5-7-9-11-12-13-14-15-16-17-18-19-20-21-22-23-24-25-26-27-28-29-30-31-32-33-35-37-39-45(53)50-42(43(52)38-36-34-10-8-6-4-2)41-57-49-48(56)47(55)46(54)44(40-51)58-49/h5,7,11-12,14-15,17-18,20-21,23-24,26-27,36,38,42-44,46-49,51-52,54-56H,3-4,6,8-10,13,16,19,22,25,28-35,37,39-41H2,1-2H3,(H,50,53)/b7-5-,12-11-,15-14-,18-17-,21-20-,24-23-,27-26-,38-36+. The van der Waals surface area contributed by atoms with Gasteiger partial charge in [0.2, 0.25) is 5.91 Å². The van der Waals surface area contributed by atoms with Crippen LogP contribution in [0.5, 0.6) is 0 Å². The summed E-state index contributed by atoms with van der Waals surface area (Å²) < 4.78 is 11.1. The molecule has 9 nitrogen and oxygen atoms in total. The van der Waals surface area contributed by atoms with Gasteiger partial charge in [-0.2, -0.15) is 0 Å². The van der Waals surface area contributed by atoms with Crippen LogP contribution in [-0.2, 0) is 14.3 Å². The molecule has 0 aromatic carbocycles. The Morgan fingerprint density at radius 2 is 1.07 bits per heavy atom. The lowest BCUT2D eigenvalue weighted by atomic mass is 9.99. The second kappa shape index (κ2) is 38.3. The van der Waals surface area contributed by atoms with Crippen LogP contribution in [0.4, 0.5) is 0 Å². The van der Waals surface area contributed by atoms with Gasteiger partial charge in [-0.15, -0.1) is 0 Å².